The third-order valence-electron chi connectivity index (χ3n) is 5.58. The molecule has 0 atom stereocenters. The number of carbonyl (C=O) groups excluding carboxylic acids is 1. The first-order valence-electron chi connectivity index (χ1n) is 10.3. The van der Waals surface area contributed by atoms with Crippen LogP contribution in [0.3, 0.4) is 0 Å². The quantitative estimate of drug-likeness (QED) is 0.692. The van der Waals surface area contributed by atoms with Crippen LogP contribution in [0.5, 0.6) is 5.75 Å². The highest BCUT2D eigenvalue weighted by Crippen LogP contribution is 2.39. The Morgan fingerprint density at radius 3 is 2.52 bits per heavy atom. The molecule has 2 heterocycles. The Morgan fingerprint density at radius 2 is 1.90 bits per heavy atom. The SMILES string of the molecule is CCOC(=O)CN1CCN(c2cc3c(cc2F)c(=O)c(OC(=O)O)cn3C2CC2)CC1. The van der Waals surface area contributed by atoms with E-state index in [1.807, 2.05) is 9.80 Å². The predicted octanol–water partition coefficient (Wildman–Crippen LogP) is 2.22. The minimum Gasteiger partial charge on any atom is -0.465 e. The van der Waals surface area contributed by atoms with Crippen molar-refractivity contribution in [2.75, 3.05) is 44.2 Å². The summed E-state index contributed by atoms with van der Waals surface area (Å²) in [5.41, 5.74) is 0.276. The lowest BCUT2D eigenvalue weighted by atomic mass is 10.1. The van der Waals surface area contributed by atoms with Crippen LogP contribution in [-0.4, -0.2) is 66.0 Å². The van der Waals surface area contributed by atoms with Crippen molar-refractivity contribution in [3.05, 3.63) is 34.4 Å². The average Bonchev–Trinajstić information content (AvgIpc) is 3.56. The lowest BCUT2D eigenvalue weighted by Crippen LogP contribution is -2.48. The molecule has 2 fully saturated rings. The fourth-order valence-electron chi connectivity index (χ4n) is 3.93. The number of hydrogen-bond acceptors (Lipinski definition) is 7. The number of halogens is 1. The largest absolute Gasteiger partial charge is 0.511 e. The Morgan fingerprint density at radius 1 is 1.19 bits per heavy atom. The van der Waals surface area contributed by atoms with Gasteiger partial charge in [-0.3, -0.25) is 14.5 Å². The van der Waals surface area contributed by atoms with Crippen LogP contribution in [0.4, 0.5) is 14.9 Å². The highest BCUT2D eigenvalue weighted by molar-refractivity contribution is 5.85. The van der Waals surface area contributed by atoms with Crippen molar-refractivity contribution < 1.29 is 28.6 Å². The van der Waals surface area contributed by atoms with E-state index in [0.717, 1.165) is 18.9 Å². The van der Waals surface area contributed by atoms with Gasteiger partial charge in [-0.15, -0.1) is 0 Å². The number of fused-ring (bicyclic) bond motifs is 1. The Kier molecular flexibility index (Phi) is 5.81. The van der Waals surface area contributed by atoms with E-state index in [4.69, 9.17) is 9.84 Å². The molecule has 2 aromatic rings. The summed E-state index contributed by atoms with van der Waals surface area (Å²) in [5.74, 6) is -1.16. The summed E-state index contributed by atoms with van der Waals surface area (Å²) >= 11 is 0. The molecule has 1 N–H and O–H groups in total. The summed E-state index contributed by atoms with van der Waals surface area (Å²) in [7, 11) is 0. The van der Waals surface area contributed by atoms with Crippen LogP contribution in [0.2, 0.25) is 0 Å². The Balaban J connectivity index is 1.62. The van der Waals surface area contributed by atoms with Gasteiger partial charge in [-0.2, -0.15) is 0 Å². The molecule has 9 nitrogen and oxygen atoms in total. The molecule has 166 valence electrons. The number of rotatable bonds is 6. The van der Waals surface area contributed by atoms with E-state index in [-0.39, 0.29) is 29.7 Å². The first kappa shape index (κ1) is 21.1. The molecule has 0 radical (unpaired) electrons. The van der Waals surface area contributed by atoms with Crippen molar-refractivity contribution in [3.8, 4) is 5.75 Å². The minimum atomic E-state index is -1.59. The maximum Gasteiger partial charge on any atom is 0.511 e. The van der Waals surface area contributed by atoms with Gasteiger partial charge < -0.3 is 24.0 Å². The van der Waals surface area contributed by atoms with E-state index in [0.29, 0.717) is 44.0 Å². The number of carboxylic acid groups (broad SMARTS) is 1. The van der Waals surface area contributed by atoms with Gasteiger partial charge in [0.1, 0.15) is 5.82 Å². The molecule has 0 spiro atoms. The van der Waals surface area contributed by atoms with Gasteiger partial charge >= 0.3 is 12.1 Å². The first-order valence-corrected chi connectivity index (χ1v) is 10.3. The summed E-state index contributed by atoms with van der Waals surface area (Å²) in [5, 5.41) is 8.99. The number of nitrogens with zero attached hydrogens (tertiary/aromatic N) is 3. The normalized spacial score (nSPS) is 17.0. The van der Waals surface area contributed by atoms with Gasteiger partial charge in [-0.05, 0) is 31.9 Å². The number of benzene rings is 1. The zero-order valence-corrected chi connectivity index (χ0v) is 17.2. The number of esters is 1. The second-order valence-corrected chi connectivity index (χ2v) is 7.72. The molecule has 10 heteroatoms. The molecule has 0 amide bonds. The van der Waals surface area contributed by atoms with Crippen LogP contribution < -0.4 is 15.1 Å². The minimum absolute atomic E-state index is 0.0906. The van der Waals surface area contributed by atoms with Gasteiger partial charge in [0, 0.05) is 32.2 Å². The summed E-state index contributed by atoms with van der Waals surface area (Å²) in [6.07, 6.45) is 1.60. The maximum absolute atomic E-state index is 15.0. The Bertz CT molecular complexity index is 1070. The molecule has 31 heavy (non-hydrogen) atoms. The average molecular weight is 433 g/mol. The molecule has 1 aliphatic heterocycles. The van der Waals surface area contributed by atoms with E-state index in [9.17, 15) is 18.8 Å². The molecule has 1 aliphatic carbocycles. The van der Waals surface area contributed by atoms with Crippen LogP contribution in [0.25, 0.3) is 10.9 Å². The number of hydrogen-bond donors (Lipinski definition) is 1. The smallest absolute Gasteiger partial charge is 0.465 e. The zero-order valence-electron chi connectivity index (χ0n) is 17.2. The fourth-order valence-corrected chi connectivity index (χ4v) is 3.93. The standard InChI is InChI=1S/C21H24FN3O6/c1-2-30-19(26)12-23-5-7-24(8-6-23)17-10-16-14(9-15(17)22)20(27)18(31-21(28)29)11-25(16)13-3-4-13/h9-11,13H,2-8,12H2,1H3,(H,28,29). The number of pyridine rings is 1. The van der Waals surface area contributed by atoms with Crippen LogP contribution in [0.15, 0.2) is 23.1 Å². The van der Waals surface area contributed by atoms with Gasteiger partial charge in [0.15, 0.2) is 5.75 Å². The molecule has 0 bridgehead atoms. The summed E-state index contributed by atoms with van der Waals surface area (Å²) in [6.45, 7) is 4.51. The number of ether oxygens (including phenoxy) is 2. The summed E-state index contributed by atoms with van der Waals surface area (Å²) < 4.78 is 26.4. The molecular formula is C21H24FN3O6. The molecule has 1 saturated heterocycles. The second-order valence-electron chi connectivity index (χ2n) is 7.72. The third-order valence-corrected chi connectivity index (χ3v) is 5.58. The molecule has 1 aromatic carbocycles. The van der Waals surface area contributed by atoms with E-state index in [1.165, 1.54) is 6.20 Å². The van der Waals surface area contributed by atoms with Crippen molar-refractivity contribution in [2.24, 2.45) is 0 Å². The highest BCUT2D eigenvalue weighted by atomic mass is 19.1. The predicted molar refractivity (Wildman–Crippen MR) is 110 cm³/mol. The van der Waals surface area contributed by atoms with Gasteiger partial charge in [0.05, 0.1) is 35.9 Å². The molecule has 0 unspecified atom stereocenters. The van der Waals surface area contributed by atoms with Crippen LogP contribution in [-0.2, 0) is 9.53 Å². The molecule has 2 aliphatic rings. The van der Waals surface area contributed by atoms with E-state index in [2.05, 4.69) is 4.74 Å². The monoisotopic (exact) mass is 433 g/mol. The van der Waals surface area contributed by atoms with Crippen LogP contribution in [0.1, 0.15) is 25.8 Å². The second kappa shape index (κ2) is 8.54. The summed E-state index contributed by atoms with van der Waals surface area (Å²) in [6, 6.07) is 2.93. The molecule has 4 rings (SSSR count). The molecular weight excluding hydrogens is 409 g/mol. The topological polar surface area (TPSA) is 101 Å². The van der Waals surface area contributed by atoms with Crippen LogP contribution in [0, 0.1) is 5.82 Å². The van der Waals surface area contributed by atoms with Crippen molar-refractivity contribution in [1.82, 2.24) is 9.47 Å². The van der Waals surface area contributed by atoms with Gasteiger partial charge in [-0.25, -0.2) is 9.18 Å². The molecule has 1 aromatic heterocycles. The summed E-state index contributed by atoms with van der Waals surface area (Å²) in [4.78, 5) is 39.1. The van der Waals surface area contributed by atoms with E-state index < -0.39 is 17.4 Å². The maximum atomic E-state index is 15.0. The van der Waals surface area contributed by atoms with Crippen molar-refractivity contribution in [1.29, 1.82) is 0 Å². The third kappa shape index (κ3) is 4.48. The highest BCUT2D eigenvalue weighted by Gasteiger charge is 2.28. The zero-order chi connectivity index (χ0) is 22.1. The van der Waals surface area contributed by atoms with E-state index >= 15 is 0 Å². The van der Waals surface area contributed by atoms with Gasteiger partial charge in [0.2, 0.25) is 5.43 Å². The van der Waals surface area contributed by atoms with Crippen molar-refractivity contribution in [2.45, 2.75) is 25.8 Å². The van der Waals surface area contributed by atoms with Gasteiger partial charge in [0.25, 0.3) is 0 Å². The molecule has 1 saturated carbocycles. The van der Waals surface area contributed by atoms with Crippen molar-refractivity contribution >= 4 is 28.7 Å². The lowest BCUT2D eigenvalue weighted by molar-refractivity contribution is -0.144. The fraction of sp³-hybridized carbons (Fsp3) is 0.476. The van der Waals surface area contributed by atoms with Crippen molar-refractivity contribution in [3.63, 3.8) is 0 Å². The van der Waals surface area contributed by atoms with Gasteiger partial charge in [-0.1, -0.05) is 0 Å². The lowest BCUT2D eigenvalue weighted by Gasteiger charge is -2.35. The number of aromatic nitrogens is 1. The van der Waals surface area contributed by atoms with Crippen LogP contribution >= 0.6 is 0 Å². The number of anilines is 1. The Labute approximate surface area is 177 Å². The Hall–Kier alpha value is -3.14. The first-order chi connectivity index (χ1) is 14.9. The number of piperazine rings is 1. The van der Waals surface area contributed by atoms with E-state index in [1.54, 1.807) is 17.6 Å². The number of carbonyl (C=O) groups is 2.